The van der Waals surface area contributed by atoms with E-state index in [2.05, 4.69) is 48.3 Å². The van der Waals surface area contributed by atoms with Crippen LogP contribution >= 0.6 is 0 Å². The van der Waals surface area contributed by atoms with Crippen molar-refractivity contribution in [2.45, 2.75) is 26.2 Å². The third-order valence-corrected chi connectivity index (χ3v) is 4.10. The van der Waals surface area contributed by atoms with Crippen LogP contribution < -0.4 is 5.32 Å². The number of carbonyl (C=O) groups is 1. The molecule has 0 saturated heterocycles. The molecule has 0 radical (unpaired) electrons. The van der Waals surface area contributed by atoms with Crippen LogP contribution in [0, 0.1) is 0 Å². The molecular formula is C21H28N2O. The van der Waals surface area contributed by atoms with E-state index >= 15 is 0 Å². The molecule has 0 unspecified atom stereocenters. The van der Waals surface area contributed by atoms with Gasteiger partial charge in [-0.2, -0.15) is 0 Å². The van der Waals surface area contributed by atoms with Gasteiger partial charge in [0.1, 0.15) is 0 Å². The Morgan fingerprint density at radius 3 is 2.38 bits per heavy atom. The molecule has 0 atom stereocenters. The first-order valence-electron chi connectivity index (χ1n) is 8.60. The van der Waals surface area contributed by atoms with Gasteiger partial charge < -0.3 is 10.2 Å². The van der Waals surface area contributed by atoms with E-state index in [1.54, 1.807) is 0 Å². The molecule has 0 bridgehead atoms. The number of rotatable bonds is 7. The fraction of sp³-hybridized carbons (Fsp3) is 0.381. The van der Waals surface area contributed by atoms with Crippen LogP contribution in [0.15, 0.2) is 48.5 Å². The normalized spacial score (nSPS) is 11.1. The minimum Gasteiger partial charge on any atom is -0.352 e. The van der Waals surface area contributed by atoms with Crippen molar-refractivity contribution >= 4 is 5.91 Å². The van der Waals surface area contributed by atoms with Gasteiger partial charge in [0.2, 0.25) is 0 Å². The van der Waals surface area contributed by atoms with Gasteiger partial charge in [0.25, 0.3) is 5.91 Å². The Balaban J connectivity index is 2.04. The van der Waals surface area contributed by atoms with E-state index in [1.165, 1.54) is 5.56 Å². The van der Waals surface area contributed by atoms with Crippen molar-refractivity contribution in [3.8, 4) is 11.1 Å². The number of amides is 1. The molecule has 3 heteroatoms. The Bertz CT molecular complexity index is 660. The molecule has 0 saturated carbocycles. The van der Waals surface area contributed by atoms with Crippen LogP contribution in [0.1, 0.15) is 42.1 Å². The molecule has 0 aliphatic carbocycles. The van der Waals surface area contributed by atoms with Crippen LogP contribution in [-0.4, -0.2) is 38.0 Å². The summed E-state index contributed by atoms with van der Waals surface area (Å²) in [6.45, 7) is 6.05. The Morgan fingerprint density at radius 1 is 1.04 bits per heavy atom. The summed E-state index contributed by atoms with van der Waals surface area (Å²) < 4.78 is 0. The SMILES string of the molecule is CC(C)c1ccc(-c2cccc(C(=O)NCCCN(C)C)c2)cc1. The van der Waals surface area contributed by atoms with Gasteiger partial charge >= 0.3 is 0 Å². The summed E-state index contributed by atoms with van der Waals surface area (Å²) >= 11 is 0. The molecule has 2 rings (SSSR count). The topological polar surface area (TPSA) is 32.3 Å². The number of nitrogens with one attached hydrogen (secondary N) is 1. The van der Waals surface area contributed by atoms with Crippen molar-refractivity contribution in [1.82, 2.24) is 10.2 Å². The van der Waals surface area contributed by atoms with E-state index in [1.807, 2.05) is 38.4 Å². The van der Waals surface area contributed by atoms with Crippen LogP contribution in [0.2, 0.25) is 0 Å². The van der Waals surface area contributed by atoms with Crippen molar-refractivity contribution in [3.63, 3.8) is 0 Å². The molecule has 3 nitrogen and oxygen atoms in total. The second-order valence-electron chi connectivity index (χ2n) is 6.77. The summed E-state index contributed by atoms with van der Waals surface area (Å²) in [5, 5.41) is 2.99. The summed E-state index contributed by atoms with van der Waals surface area (Å²) in [5.74, 6) is 0.521. The quantitative estimate of drug-likeness (QED) is 0.776. The molecule has 2 aromatic rings. The van der Waals surface area contributed by atoms with E-state index in [9.17, 15) is 4.79 Å². The lowest BCUT2D eigenvalue weighted by atomic mass is 9.98. The second kappa shape index (κ2) is 8.65. The van der Waals surface area contributed by atoms with E-state index in [0.717, 1.165) is 24.1 Å². The van der Waals surface area contributed by atoms with Gasteiger partial charge in [-0.15, -0.1) is 0 Å². The monoisotopic (exact) mass is 324 g/mol. The molecule has 0 aromatic heterocycles. The largest absolute Gasteiger partial charge is 0.352 e. The first-order valence-corrected chi connectivity index (χ1v) is 8.60. The lowest BCUT2D eigenvalue weighted by Crippen LogP contribution is -2.27. The Hall–Kier alpha value is -2.13. The van der Waals surface area contributed by atoms with Crippen molar-refractivity contribution in [3.05, 3.63) is 59.7 Å². The Labute approximate surface area is 145 Å². The zero-order valence-electron chi connectivity index (χ0n) is 15.2. The molecule has 0 aliphatic rings. The summed E-state index contributed by atoms with van der Waals surface area (Å²) in [5.41, 5.74) is 4.26. The Kier molecular flexibility index (Phi) is 6.56. The van der Waals surface area contributed by atoms with Crippen molar-refractivity contribution < 1.29 is 4.79 Å². The third kappa shape index (κ3) is 5.20. The summed E-state index contributed by atoms with van der Waals surface area (Å²) in [7, 11) is 4.08. The molecule has 0 heterocycles. The highest BCUT2D eigenvalue weighted by Gasteiger charge is 2.07. The molecule has 0 aliphatic heterocycles. The highest BCUT2D eigenvalue weighted by atomic mass is 16.1. The second-order valence-corrected chi connectivity index (χ2v) is 6.77. The van der Waals surface area contributed by atoms with Crippen LogP contribution in [0.3, 0.4) is 0 Å². The first-order chi connectivity index (χ1) is 11.5. The molecule has 2 aromatic carbocycles. The maximum Gasteiger partial charge on any atom is 0.251 e. The number of carbonyl (C=O) groups excluding carboxylic acids is 1. The molecule has 24 heavy (non-hydrogen) atoms. The zero-order chi connectivity index (χ0) is 17.5. The highest BCUT2D eigenvalue weighted by Crippen LogP contribution is 2.23. The number of hydrogen-bond acceptors (Lipinski definition) is 2. The van der Waals surface area contributed by atoms with E-state index in [0.29, 0.717) is 18.0 Å². The molecule has 1 N–H and O–H groups in total. The minimum atomic E-state index is -0.00518. The maximum absolute atomic E-state index is 12.3. The molecule has 1 amide bonds. The van der Waals surface area contributed by atoms with Gasteiger partial charge in [-0.05, 0) is 61.8 Å². The van der Waals surface area contributed by atoms with Gasteiger partial charge in [-0.25, -0.2) is 0 Å². The predicted molar refractivity (Wildman–Crippen MR) is 101 cm³/mol. The minimum absolute atomic E-state index is 0.00518. The average Bonchev–Trinajstić information content (AvgIpc) is 2.58. The maximum atomic E-state index is 12.3. The fourth-order valence-electron chi connectivity index (χ4n) is 2.60. The van der Waals surface area contributed by atoms with Crippen LogP contribution in [0.4, 0.5) is 0 Å². The fourth-order valence-corrected chi connectivity index (χ4v) is 2.60. The molecule has 0 fully saturated rings. The molecule has 128 valence electrons. The number of benzene rings is 2. The predicted octanol–water partition coefficient (Wildman–Crippen LogP) is 4.16. The lowest BCUT2D eigenvalue weighted by Gasteiger charge is -2.11. The zero-order valence-corrected chi connectivity index (χ0v) is 15.2. The first kappa shape index (κ1) is 18.2. The van der Waals surface area contributed by atoms with E-state index < -0.39 is 0 Å². The smallest absolute Gasteiger partial charge is 0.251 e. The number of hydrogen-bond donors (Lipinski definition) is 1. The average molecular weight is 324 g/mol. The summed E-state index contributed by atoms with van der Waals surface area (Å²) in [4.78, 5) is 14.4. The van der Waals surface area contributed by atoms with E-state index in [4.69, 9.17) is 0 Å². The van der Waals surface area contributed by atoms with Crippen molar-refractivity contribution in [1.29, 1.82) is 0 Å². The van der Waals surface area contributed by atoms with Gasteiger partial charge in [0, 0.05) is 12.1 Å². The van der Waals surface area contributed by atoms with Gasteiger partial charge in [0.15, 0.2) is 0 Å². The Morgan fingerprint density at radius 2 is 1.75 bits per heavy atom. The molecule has 0 spiro atoms. The third-order valence-electron chi connectivity index (χ3n) is 4.10. The van der Waals surface area contributed by atoms with Crippen molar-refractivity contribution in [2.75, 3.05) is 27.2 Å². The lowest BCUT2D eigenvalue weighted by molar-refractivity contribution is 0.0952. The van der Waals surface area contributed by atoms with E-state index in [-0.39, 0.29) is 5.91 Å². The van der Waals surface area contributed by atoms with Crippen LogP contribution in [0.25, 0.3) is 11.1 Å². The number of nitrogens with zero attached hydrogens (tertiary/aromatic N) is 1. The van der Waals surface area contributed by atoms with Crippen LogP contribution in [-0.2, 0) is 0 Å². The highest BCUT2D eigenvalue weighted by molar-refractivity contribution is 5.95. The van der Waals surface area contributed by atoms with Gasteiger partial charge in [0.05, 0.1) is 0 Å². The summed E-state index contributed by atoms with van der Waals surface area (Å²) in [6.07, 6.45) is 0.953. The standard InChI is InChI=1S/C21H28N2O/c1-16(2)17-9-11-18(12-10-17)19-7-5-8-20(15-19)21(24)22-13-6-14-23(3)4/h5,7-12,15-16H,6,13-14H2,1-4H3,(H,22,24). The van der Waals surface area contributed by atoms with Gasteiger partial charge in [-0.1, -0.05) is 50.2 Å². The molecular weight excluding hydrogens is 296 g/mol. The van der Waals surface area contributed by atoms with Crippen LogP contribution in [0.5, 0.6) is 0 Å². The van der Waals surface area contributed by atoms with Crippen molar-refractivity contribution in [2.24, 2.45) is 0 Å². The summed E-state index contributed by atoms with van der Waals surface area (Å²) in [6, 6.07) is 16.4. The van der Waals surface area contributed by atoms with Gasteiger partial charge in [-0.3, -0.25) is 4.79 Å².